The Morgan fingerprint density at radius 3 is 2.85 bits per heavy atom. The monoisotopic (exact) mass is 276 g/mol. The van der Waals surface area contributed by atoms with Crippen molar-refractivity contribution in [3.8, 4) is 11.5 Å². The third kappa shape index (κ3) is 3.30. The molecule has 5 nitrogen and oxygen atoms in total. The zero-order valence-corrected chi connectivity index (χ0v) is 11.7. The SMILES string of the molecule is C=CCC(N)C(=O)N(C)Cc1ccc2c(c1)OCCO2. The molecule has 5 heteroatoms. The highest BCUT2D eigenvalue weighted by Crippen LogP contribution is 2.31. The first kappa shape index (κ1) is 14.4. The van der Waals surface area contributed by atoms with Crippen LogP contribution in [0.3, 0.4) is 0 Å². The summed E-state index contributed by atoms with van der Waals surface area (Å²) in [5.74, 6) is 1.38. The Labute approximate surface area is 119 Å². The predicted molar refractivity (Wildman–Crippen MR) is 76.7 cm³/mol. The van der Waals surface area contributed by atoms with Crippen LogP contribution in [0.25, 0.3) is 0 Å². The number of ether oxygens (including phenoxy) is 2. The molecule has 1 amide bonds. The highest BCUT2D eigenvalue weighted by atomic mass is 16.6. The summed E-state index contributed by atoms with van der Waals surface area (Å²) in [6, 6.07) is 5.16. The molecule has 0 fully saturated rings. The fourth-order valence-electron chi connectivity index (χ4n) is 2.10. The molecule has 2 rings (SSSR count). The molecule has 1 aromatic carbocycles. The molecule has 0 spiro atoms. The van der Waals surface area contributed by atoms with Crippen LogP contribution in [0.15, 0.2) is 30.9 Å². The Balaban J connectivity index is 2.02. The molecule has 1 aliphatic rings. The maximum Gasteiger partial charge on any atom is 0.239 e. The molecule has 1 heterocycles. The van der Waals surface area contributed by atoms with Gasteiger partial charge in [0.25, 0.3) is 0 Å². The molecular formula is C15H20N2O3. The van der Waals surface area contributed by atoms with E-state index in [1.807, 2.05) is 18.2 Å². The number of benzene rings is 1. The molecule has 108 valence electrons. The summed E-state index contributed by atoms with van der Waals surface area (Å²) in [4.78, 5) is 13.6. The van der Waals surface area contributed by atoms with Crippen LogP contribution in [-0.4, -0.2) is 37.1 Å². The van der Waals surface area contributed by atoms with Gasteiger partial charge < -0.3 is 20.1 Å². The van der Waals surface area contributed by atoms with Crippen LogP contribution in [-0.2, 0) is 11.3 Å². The Morgan fingerprint density at radius 1 is 1.45 bits per heavy atom. The molecule has 0 bridgehead atoms. The number of fused-ring (bicyclic) bond motifs is 1. The minimum atomic E-state index is -0.533. The van der Waals surface area contributed by atoms with E-state index in [1.165, 1.54) is 0 Å². The van der Waals surface area contributed by atoms with E-state index in [9.17, 15) is 4.79 Å². The zero-order valence-electron chi connectivity index (χ0n) is 11.7. The number of nitrogens with zero attached hydrogens (tertiary/aromatic N) is 1. The standard InChI is InChI=1S/C15H20N2O3/c1-3-4-12(16)15(18)17(2)10-11-5-6-13-14(9-11)20-8-7-19-13/h3,5-6,9,12H,1,4,7-8,10,16H2,2H3. The van der Waals surface area contributed by atoms with E-state index in [0.717, 1.165) is 17.1 Å². The van der Waals surface area contributed by atoms with E-state index in [1.54, 1.807) is 18.0 Å². The Bertz CT molecular complexity index is 502. The third-order valence-corrected chi connectivity index (χ3v) is 3.14. The molecule has 2 N–H and O–H groups in total. The number of nitrogens with two attached hydrogens (primary N) is 1. The van der Waals surface area contributed by atoms with Gasteiger partial charge in [-0.2, -0.15) is 0 Å². The number of hydrogen-bond donors (Lipinski definition) is 1. The van der Waals surface area contributed by atoms with Crippen molar-refractivity contribution in [3.63, 3.8) is 0 Å². The van der Waals surface area contributed by atoms with Crippen LogP contribution in [0.1, 0.15) is 12.0 Å². The second kappa shape index (κ2) is 6.43. The number of rotatable bonds is 5. The molecule has 1 aliphatic heterocycles. The van der Waals surface area contributed by atoms with Crippen LogP contribution >= 0.6 is 0 Å². The molecule has 1 atom stereocenters. The van der Waals surface area contributed by atoms with E-state index >= 15 is 0 Å². The lowest BCUT2D eigenvalue weighted by Crippen LogP contribution is -2.41. The summed E-state index contributed by atoms with van der Waals surface area (Å²) in [7, 11) is 1.74. The molecule has 0 aliphatic carbocycles. The number of amides is 1. The lowest BCUT2D eigenvalue weighted by atomic mass is 10.1. The van der Waals surface area contributed by atoms with Crippen molar-refractivity contribution >= 4 is 5.91 Å². The van der Waals surface area contributed by atoms with Gasteiger partial charge in [0.05, 0.1) is 6.04 Å². The molecule has 1 aromatic rings. The minimum absolute atomic E-state index is 0.0974. The number of carbonyl (C=O) groups excluding carboxylic acids is 1. The van der Waals surface area contributed by atoms with Gasteiger partial charge >= 0.3 is 0 Å². The zero-order chi connectivity index (χ0) is 14.5. The first-order valence-corrected chi connectivity index (χ1v) is 6.62. The molecule has 1 unspecified atom stereocenters. The largest absolute Gasteiger partial charge is 0.486 e. The van der Waals surface area contributed by atoms with Gasteiger partial charge in [0, 0.05) is 13.6 Å². The van der Waals surface area contributed by atoms with Crippen LogP contribution in [0.4, 0.5) is 0 Å². The van der Waals surface area contributed by atoms with Gasteiger partial charge in [-0.3, -0.25) is 4.79 Å². The summed E-state index contributed by atoms with van der Waals surface area (Å²) < 4.78 is 11.0. The summed E-state index contributed by atoms with van der Waals surface area (Å²) in [5.41, 5.74) is 6.77. The normalized spacial score (nSPS) is 14.5. The van der Waals surface area contributed by atoms with Crippen molar-refractivity contribution in [1.82, 2.24) is 4.90 Å². The number of carbonyl (C=O) groups is 1. The van der Waals surface area contributed by atoms with E-state index in [4.69, 9.17) is 15.2 Å². The fraction of sp³-hybridized carbons (Fsp3) is 0.400. The molecule has 0 saturated heterocycles. The maximum absolute atomic E-state index is 12.0. The predicted octanol–water partition coefficient (Wildman–Crippen LogP) is 1.32. The lowest BCUT2D eigenvalue weighted by Gasteiger charge is -2.22. The second-order valence-electron chi connectivity index (χ2n) is 4.80. The lowest BCUT2D eigenvalue weighted by molar-refractivity contribution is -0.131. The Kier molecular flexibility index (Phi) is 4.63. The first-order chi connectivity index (χ1) is 9.61. The molecule has 20 heavy (non-hydrogen) atoms. The Morgan fingerprint density at radius 2 is 2.15 bits per heavy atom. The van der Waals surface area contributed by atoms with E-state index < -0.39 is 6.04 Å². The van der Waals surface area contributed by atoms with Crippen molar-refractivity contribution in [1.29, 1.82) is 0 Å². The second-order valence-corrected chi connectivity index (χ2v) is 4.80. The molecular weight excluding hydrogens is 256 g/mol. The van der Waals surface area contributed by atoms with Crippen LogP contribution in [0.5, 0.6) is 11.5 Å². The van der Waals surface area contributed by atoms with Crippen molar-refractivity contribution < 1.29 is 14.3 Å². The quantitative estimate of drug-likeness (QED) is 0.824. The molecule has 0 saturated carbocycles. The maximum atomic E-state index is 12.0. The van der Waals surface area contributed by atoms with Crippen molar-refractivity contribution in [2.24, 2.45) is 5.73 Å². The van der Waals surface area contributed by atoms with Gasteiger partial charge in [-0.25, -0.2) is 0 Å². The summed E-state index contributed by atoms with van der Waals surface area (Å²) in [5, 5.41) is 0. The first-order valence-electron chi connectivity index (χ1n) is 6.62. The van der Waals surface area contributed by atoms with Crippen molar-refractivity contribution in [2.75, 3.05) is 20.3 Å². The van der Waals surface area contributed by atoms with Crippen LogP contribution in [0, 0.1) is 0 Å². The van der Waals surface area contributed by atoms with Gasteiger partial charge in [-0.1, -0.05) is 12.1 Å². The van der Waals surface area contributed by atoms with Gasteiger partial charge in [-0.05, 0) is 24.1 Å². The summed E-state index contributed by atoms with van der Waals surface area (Å²) in [6.07, 6.45) is 2.13. The van der Waals surface area contributed by atoms with Gasteiger partial charge in [0.15, 0.2) is 11.5 Å². The number of hydrogen-bond acceptors (Lipinski definition) is 4. The average Bonchev–Trinajstić information content (AvgIpc) is 2.46. The summed E-state index contributed by atoms with van der Waals surface area (Å²) >= 11 is 0. The van der Waals surface area contributed by atoms with Crippen LogP contribution < -0.4 is 15.2 Å². The topological polar surface area (TPSA) is 64.8 Å². The number of likely N-dealkylation sites (N-methyl/N-ethyl adjacent to an activating group) is 1. The highest BCUT2D eigenvalue weighted by molar-refractivity contribution is 5.81. The highest BCUT2D eigenvalue weighted by Gasteiger charge is 2.18. The van der Waals surface area contributed by atoms with Crippen molar-refractivity contribution in [3.05, 3.63) is 36.4 Å². The fourth-order valence-corrected chi connectivity index (χ4v) is 2.10. The van der Waals surface area contributed by atoms with Gasteiger partial charge in [-0.15, -0.1) is 6.58 Å². The minimum Gasteiger partial charge on any atom is -0.486 e. The molecule has 0 radical (unpaired) electrons. The van der Waals surface area contributed by atoms with E-state index in [-0.39, 0.29) is 5.91 Å². The van der Waals surface area contributed by atoms with E-state index in [2.05, 4.69) is 6.58 Å². The smallest absolute Gasteiger partial charge is 0.239 e. The summed E-state index contributed by atoms with van der Waals surface area (Å²) in [6.45, 7) is 5.20. The molecule has 0 aromatic heterocycles. The Hall–Kier alpha value is -2.01. The average molecular weight is 276 g/mol. The van der Waals surface area contributed by atoms with Crippen molar-refractivity contribution in [2.45, 2.75) is 19.0 Å². The third-order valence-electron chi connectivity index (χ3n) is 3.14. The van der Waals surface area contributed by atoms with Crippen LogP contribution in [0.2, 0.25) is 0 Å². The van der Waals surface area contributed by atoms with Gasteiger partial charge in [0.1, 0.15) is 13.2 Å². The van der Waals surface area contributed by atoms with Gasteiger partial charge in [0.2, 0.25) is 5.91 Å². The van der Waals surface area contributed by atoms with E-state index in [0.29, 0.717) is 26.2 Å².